The Kier molecular flexibility index (Phi) is 1.77. The minimum absolute atomic E-state index is 0.0954. The van der Waals surface area contributed by atoms with Crippen molar-refractivity contribution < 1.29 is 14.9 Å². The molecule has 1 aromatic carbocycles. The summed E-state index contributed by atoms with van der Waals surface area (Å²) in [6, 6.07) is 3.04. The molecule has 0 radical (unpaired) electrons. The van der Waals surface area contributed by atoms with Crippen molar-refractivity contribution in [2.24, 2.45) is 0 Å². The summed E-state index contributed by atoms with van der Waals surface area (Å²) in [6.07, 6.45) is 0. The van der Waals surface area contributed by atoms with Crippen molar-refractivity contribution in [2.75, 3.05) is 7.11 Å². The molecule has 2 aromatic rings. The van der Waals surface area contributed by atoms with Crippen LogP contribution in [0.4, 0.5) is 0 Å². The van der Waals surface area contributed by atoms with E-state index in [1.54, 1.807) is 5.38 Å². The molecule has 0 aliphatic rings. The lowest BCUT2D eigenvalue weighted by molar-refractivity contribution is 0.413. The third-order valence-electron chi connectivity index (χ3n) is 1.82. The maximum atomic E-state index is 9.40. The van der Waals surface area contributed by atoms with Crippen LogP contribution in [0.25, 0.3) is 10.1 Å². The van der Waals surface area contributed by atoms with Gasteiger partial charge in [0.25, 0.3) is 0 Å². The monoisotopic (exact) mass is 196 g/mol. The third-order valence-corrected chi connectivity index (χ3v) is 2.82. The van der Waals surface area contributed by atoms with Crippen molar-refractivity contribution in [1.29, 1.82) is 0 Å². The summed E-state index contributed by atoms with van der Waals surface area (Å²) in [7, 11) is 1.53. The SMILES string of the molecule is COc1cc(O)cc2c(O)csc12. The predicted molar refractivity (Wildman–Crippen MR) is 51.7 cm³/mol. The molecule has 3 nitrogen and oxygen atoms in total. The Morgan fingerprint density at radius 2 is 2.08 bits per heavy atom. The van der Waals surface area contributed by atoms with Gasteiger partial charge >= 0.3 is 0 Å². The molecule has 1 heterocycles. The zero-order valence-corrected chi connectivity index (χ0v) is 7.76. The average Bonchev–Trinajstić information content (AvgIpc) is 2.47. The fourth-order valence-electron chi connectivity index (χ4n) is 1.23. The summed E-state index contributed by atoms with van der Waals surface area (Å²) in [6.45, 7) is 0. The van der Waals surface area contributed by atoms with Crippen LogP contribution >= 0.6 is 11.3 Å². The van der Waals surface area contributed by atoms with Crippen LogP contribution < -0.4 is 4.74 Å². The smallest absolute Gasteiger partial charge is 0.140 e. The van der Waals surface area contributed by atoms with Gasteiger partial charge in [-0.3, -0.25) is 0 Å². The number of hydrogen-bond donors (Lipinski definition) is 2. The summed E-state index contributed by atoms with van der Waals surface area (Å²) >= 11 is 1.39. The number of phenolic OH excluding ortho intramolecular Hbond substituents is 1. The topological polar surface area (TPSA) is 49.7 Å². The van der Waals surface area contributed by atoms with Gasteiger partial charge < -0.3 is 14.9 Å². The molecule has 0 aliphatic heterocycles. The van der Waals surface area contributed by atoms with Crippen molar-refractivity contribution in [3.05, 3.63) is 17.5 Å². The van der Waals surface area contributed by atoms with Gasteiger partial charge in [-0.25, -0.2) is 0 Å². The molecule has 0 unspecified atom stereocenters. The van der Waals surface area contributed by atoms with Crippen molar-refractivity contribution in [1.82, 2.24) is 0 Å². The molecule has 2 N–H and O–H groups in total. The van der Waals surface area contributed by atoms with E-state index in [-0.39, 0.29) is 11.5 Å². The highest BCUT2D eigenvalue weighted by Crippen LogP contribution is 2.40. The molecule has 68 valence electrons. The fraction of sp³-hybridized carbons (Fsp3) is 0.111. The zero-order chi connectivity index (χ0) is 9.42. The molecule has 0 atom stereocenters. The van der Waals surface area contributed by atoms with Crippen LogP contribution in [-0.4, -0.2) is 17.3 Å². The van der Waals surface area contributed by atoms with E-state index in [1.165, 1.54) is 30.6 Å². The molecule has 0 amide bonds. The molecule has 2 rings (SSSR count). The Morgan fingerprint density at radius 3 is 2.77 bits per heavy atom. The second kappa shape index (κ2) is 2.81. The normalized spacial score (nSPS) is 10.5. The number of thiophene rings is 1. The van der Waals surface area contributed by atoms with Crippen LogP contribution in [-0.2, 0) is 0 Å². The Labute approximate surface area is 78.8 Å². The molecule has 13 heavy (non-hydrogen) atoms. The summed E-state index contributed by atoms with van der Waals surface area (Å²) in [5.41, 5.74) is 0. The van der Waals surface area contributed by atoms with Gasteiger partial charge in [0, 0.05) is 16.8 Å². The highest BCUT2D eigenvalue weighted by molar-refractivity contribution is 7.18. The van der Waals surface area contributed by atoms with Gasteiger partial charge in [-0.05, 0) is 6.07 Å². The van der Waals surface area contributed by atoms with E-state index >= 15 is 0 Å². The number of aromatic hydroxyl groups is 2. The number of rotatable bonds is 1. The van der Waals surface area contributed by atoms with E-state index < -0.39 is 0 Å². The Bertz CT molecular complexity index is 447. The largest absolute Gasteiger partial charge is 0.508 e. The minimum Gasteiger partial charge on any atom is -0.508 e. The molecular formula is C9H8O3S. The molecule has 4 heteroatoms. The molecule has 0 aliphatic carbocycles. The third kappa shape index (κ3) is 1.19. The van der Waals surface area contributed by atoms with Crippen LogP contribution in [0.15, 0.2) is 17.5 Å². The lowest BCUT2D eigenvalue weighted by Crippen LogP contribution is -1.81. The summed E-state index contributed by atoms with van der Waals surface area (Å²) in [5, 5.41) is 20.9. The van der Waals surface area contributed by atoms with Gasteiger partial charge in [0.15, 0.2) is 0 Å². The standard InChI is InChI=1S/C9H8O3S/c1-12-8-3-5(10)2-6-7(11)4-13-9(6)8/h2-4,10-11H,1H3. The summed E-state index contributed by atoms with van der Waals surface area (Å²) in [4.78, 5) is 0. The van der Waals surface area contributed by atoms with Gasteiger partial charge in [-0.2, -0.15) is 0 Å². The van der Waals surface area contributed by atoms with Crippen molar-refractivity contribution in [2.45, 2.75) is 0 Å². The molecule has 0 spiro atoms. The first-order chi connectivity index (χ1) is 6.22. The highest BCUT2D eigenvalue weighted by Gasteiger charge is 2.09. The lowest BCUT2D eigenvalue weighted by Gasteiger charge is -2.01. The lowest BCUT2D eigenvalue weighted by atomic mass is 10.2. The van der Waals surface area contributed by atoms with Crippen LogP contribution in [0.2, 0.25) is 0 Å². The molecule has 1 aromatic heterocycles. The van der Waals surface area contributed by atoms with Crippen molar-refractivity contribution in [3.8, 4) is 17.2 Å². The first kappa shape index (κ1) is 8.19. The fourth-order valence-corrected chi connectivity index (χ4v) is 2.13. The van der Waals surface area contributed by atoms with Gasteiger partial charge in [-0.1, -0.05) is 0 Å². The van der Waals surface area contributed by atoms with Gasteiger partial charge in [0.2, 0.25) is 0 Å². The molecule has 0 saturated carbocycles. The number of hydrogen-bond acceptors (Lipinski definition) is 4. The predicted octanol–water partition coefficient (Wildman–Crippen LogP) is 2.32. The van der Waals surface area contributed by atoms with Crippen LogP contribution in [0.5, 0.6) is 17.2 Å². The zero-order valence-electron chi connectivity index (χ0n) is 6.94. The van der Waals surface area contributed by atoms with Gasteiger partial charge in [0.1, 0.15) is 17.2 Å². The van der Waals surface area contributed by atoms with E-state index in [1.807, 2.05) is 0 Å². The molecule has 0 saturated heterocycles. The van der Waals surface area contributed by atoms with Crippen molar-refractivity contribution in [3.63, 3.8) is 0 Å². The van der Waals surface area contributed by atoms with Crippen LogP contribution in [0, 0.1) is 0 Å². The molecular weight excluding hydrogens is 188 g/mol. The van der Waals surface area contributed by atoms with Gasteiger partial charge in [0.05, 0.1) is 11.8 Å². The maximum absolute atomic E-state index is 9.40. The van der Waals surface area contributed by atoms with E-state index in [0.717, 1.165) is 4.70 Å². The quantitative estimate of drug-likeness (QED) is 0.735. The average molecular weight is 196 g/mol. The number of phenols is 1. The van der Waals surface area contributed by atoms with Crippen LogP contribution in [0.3, 0.4) is 0 Å². The van der Waals surface area contributed by atoms with Gasteiger partial charge in [-0.15, -0.1) is 11.3 Å². The molecule has 0 bridgehead atoms. The van der Waals surface area contributed by atoms with E-state index in [0.29, 0.717) is 11.1 Å². The second-order valence-electron chi connectivity index (χ2n) is 2.65. The number of benzene rings is 1. The second-order valence-corrected chi connectivity index (χ2v) is 3.53. The number of ether oxygens (including phenoxy) is 1. The van der Waals surface area contributed by atoms with Crippen LogP contribution in [0.1, 0.15) is 0 Å². The highest BCUT2D eigenvalue weighted by atomic mass is 32.1. The first-order valence-corrected chi connectivity index (χ1v) is 4.57. The molecule has 0 fully saturated rings. The maximum Gasteiger partial charge on any atom is 0.140 e. The number of methoxy groups -OCH3 is 1. The Balaban J connectivity index is 2.84. The van der Waals surface area contributed by atoms with E-state index in [2.05, 4.69) is 0 Å². The summed E-state index contributed by atoms with van der Waals surface area (Å²) < 4.78 is 5.91. The Hall–Kier alpha value is -1.42. The Morgan fingerprint density at radius 1 is 1.31 bits per heavy atom. The van der Waals surface area contributed by atoms with E-state index in [4.69, 9.17) is 4.74 Å². The summed E-state index contributed by atoms with van der Waals surface area (Å²) in [5.74, 6) is 0.854. The minimum atomic E-state index is 0.0954. The number of fused-ring (bicyclic) bond motifs is 1. The van der Waals surface area contributed by atoms with E-state index in [9.17, 15) is 10.2 Å². The first-order valence-electron chi connectivity index (χ1n) is 3.69. The van der Waals surface area contributed by atoms with Crippen molar-refractivity contribution >= 4 is 21.4 Å².